The van der Waals surface area contributed by atoms with Crippen LogP contribution in [0.5, 0.6) is 0 Å². The van der Waals surface area contributed by atoms with Gasteiger partial charge in [-0.25, -0.2) is 9.78 Å². The van der Waals surface area contributed by atoms with Crippen LogP contribution in [-0.2, 0) is 4.79 Å². The number of carboxylic acids is 1. The van der Waals surface area contributed by atoms with Crippen LogP contribution in [-0.4, -0.2) is 40.0 Å². The fourth-order valence-electron chi connectivity index (χ4n) is 1.11. The van der Waals surface area contributed by atoms with Gasteiger partial charge >= 0.3 is 5.97 Å². The van der Waals surface area contributed by atoms with Crippen molar-refractivity contribution >= 4 is 17.6 Å². The van der Waals surface area contributed by atoms with E-state index in [-0.39, 0.29) is 11.4 Å². The number of rotatable bonds is 3. The molecule has 6 nitrogen and oxygen atoms in total. The monoisotopic (exact) mass is 223 g/mol. The van der Waals surface area contributed by atoms with Crippen LogP contribution in [0.4, 0.5) is 5.69 Å². The number of nitrogens with zero attached hydrogens (tertiary/aromatic N) is 2. The Morgan fingerprint density at radius 1 is 1.56 bits per heavy atom. The molecule has 0 bridgehead atoms. The summed E-state index contributed by atoms with van der Waals surface area (Å²) >= 11 is 0. The molecule has 1 aromatic heterocycles. The van der Waals surface area contributed by atoms with Crippen molar-refractivity contribution in [1.29, 1.82) is 0 Å². The first-order chi connectivity index (χ1) is 7.45. The Balaban J connectivity index is 2.95. The quantitative estimate of drug-likeness (QED) is 0.763. The largest absolute Gasteiger partial charge is 0.480 e. The molecular formula is C10H13N3O3. The zero-order chi connectivity index (χ0) is 12.3. The van der Waals surface area contributed by atoms with Crippen LogP contribution in [0.25, 0.3) is 0 Å². The minimum absolute atomic E-state index is 0.0677. The summed E-state index contributed by atoms with van der Waals surface area (Å²) in [7, 11) is 1.40. The smallest absolute Gasteiger partial charge is 0.326 e. The van der Waals surface area contributed by atoms with Crippen LogP contribution in [0.2, 0.25) is 0 Å². The third-order valence-corrected chi connectivity index (χ3v) is 2.30. The minimum Gasteiger partial charge on any atom is -0.480 e. The summed E-state index contributed by atoms with van der Waals surface area (Å²) in [6.07, 6.45) is 1.43. The van der Waals surface area contributed by atoms with Gasteiger partial charge in [0.25, 0.3) is 5.91 Å². The van der Waals surface area contributed by atoms with E-state index >= 15 is 0 Å². The Hall–Kier alpha value is -2.11. The van der Waals surface area contributed by atoms with Crippen molar-refractivity contribution in [2.75, 3.05) is 12.8 Å². The van der Waals surface area contributed by atoms with Crippen LogP contribution in [0.15, 0.2) is 18.3 Å². The van der Waals surface area contributed by atoms with Crippen molar-refractivity contribution in [2.45, 2.75) is 13.0 Å². The van der Waals surface area contributed by atoms with Gasteiger partial charge in [-0.2, -0.15) is 0 Å². The Morgan fingerprint density at radius 2 is 2.19 bits per heavy atom. The number of hydrogen-bond acceptors (Lipinski definition) is 4. The first kappa shape index (κ1) is 12.0. The highest BCUT2D eigenvalue weighted by molar-refractivity contribution is 5.98. The molecule has 0 aliphatic rings. The molecule has 0 aliphatic heterocycles. The van der Waals surface area contributed by atoms with Crippen LogP contribution >= 0.6 is 0 Å². The van der Waals surface area contributed by atoms with Crippen molar-refractivity contribution in [1.82, 2.24) is 9.88 Å². The summed E-state index contributed by atoms with van der Waals surface area (Å²) in [5.41, 5.74) is 5.88. The average Bonchev–Trinajstić information content (AvgIpc) is 2.26. The Bertz CT molecular complexity index is 420. The first-order valence-electron chi connectivity index (χ1n) is 4.65. The molecule has 0 fully saturated rings. The third kappa shape index (κ3) is 2.28. The van der Waals surface area contributed by atoms with Gasteiger partial charge in [-0.15, -0.1) is 0 Å². The third-order valence-electron chi connectivity index (χ3n) is 2.30. The Kier molecular flexibility index (Phi) is 3.44. The average molecular weight is 223 g/mol. The molecule has 1 heterocycles. The summed E-state index contributed by atoms with van der Waals surface area (Å²) < 4.78 is 0. The number of carbonyl (C=O) groups excluding carboxylic acids is 1. The van der Waals surface area contributed by atoms with Gasteiger partial charge in [-0.1, -0.05) is 0 Å². The van der Waals surface area contributed by atoms with Crippen molar-refractivity contribution < 1.29 is 14.7 Å². The highest BCUT2D eigenvalue weighted by atomic mass is 16.4. The van der Waals surface area contributed by atoms with Gasteiger partial charge in [0.1, 0.15) is 6.04 Å². The lowest BCUT2D eigenvalue weighted by molar-refractivity contribution is -0.141. The molecule has 1 aromatic rings. The molecule has 16 heavy (non-hydrogen) atoms. The number of nitrogens with two attached hydrogens (primary N) is 1. The van der Waals surface area contributed by atoms with Gasteiger partial charge < -0.3 is 15.7 Å². The number of amides is 1. The van der Waals surface area contributed by atoms with E-state index in [2.05, 4.69) is 4.98 Å². The maximum Gasteiger partial charge on any atom is 0.326 e. The Morgan fingerprint density at radius 3 is 2.69 bits per heavy atom. The highest BCUT2D eigenvalue weighted by Crippen LogP contribution is 2.11. The molecule has 1 rings (SSSR count). The summed E-state index contributed by atoms with van der Waals surface area (Å²) in [5.74, 6) is -1.58. The second kappa shape index (κ2) is 4.61. The fraction of sp³-hybridized carbons (Fsp3) is 0.300. The molecule has 6 heteroatoms. The van der Waals surface area contributed by atoms with Gasteiger partial charge in [0.15, 0.2) is 5.69 Å². The molecule has 0 radical (unpaired) electrons. The summed E-state index contributed by atoms with van der Waals surface area (Å²) in [6, 6.07) is 2.22. The first-order valence-corrected chi connectivity index (χ1v) is 4.65. The second-order valence-electron chi connectivity index (χ2n) is 3.37. The molecule has 0 spiro atoms. The molecule has 1 atom stereocenters. The van der Waals surface area contributed by atoms with E-state index < -0.39 is 17.9 Å². The number of nitrogen functional groups attached to an aromatic ring is 1. The van der Waals surface area contributed by atoms with E-state index in [4.69, 9.17) is 10.8 Å². The topological polar surface area (TPSA) is 96.5 Å². The maximum atomic E-state index is 11.8. The Labute approximate surface area is 92.7 Å². The van der Waals surface area contributed by atoms with Crippen molar-refractivity contribution in [3.8, 4) is 0 Å². The lowest BCUT2D eigenvalue weighted by atomic mass is 10.2. The lowest BCUT2D eigenvalue weighted by Gasteiger charge is -2.21. The van der Waals surface area contributed by atoms with Gasteiger partial charge in [-0.05, 0) is 19.1 Å². The molecule has 0 saturated carbocycles. The SMILES string of the molecule is CC(C(=O)O)N(C)C(=O)c1ncccc1N. The zero-order valence-corrected chi connectivity index (χ0v) is 9.04. The van der Waals surface area contributed by atoms with Gasteiger partial charge in [0.05, 0.1) is 5.69 Å². The molecule has 3 N–H and O–H groups in total. The standard InChI is InChI=1S/C10H13N3O3/c1-6(10(15)16)13(2)9(14)8-7(11)4-3-5-12-8/h3-6H,11H2,1-2H3,(H,15,16). The van der Waals surface area contributed by atoms with Gasteiger partial charge in [0, 0.05) is 13.2 Å². The molecule has 1 amide bonds. The van der Waals surface area contributed by atoms with Crippen LogP contribution in [0, 0.1) is 0 Å². The number of likely N-dealkylation sites (N-methyl/N-ethyl adjacent to an activating group) is 1. The normalized spacial score (nSPS) is 11.9. The number of hydrogen-bond donors (Lipinski definition) is 2. The van der Waals surface area contributed by atoms with E-state index in [1.807, 2.05) is 0 Å². The summed E-state index contributed by atoms with van der Waals surface area (Å²) in [6.45, 7) is 1.42. The molecular weight excluding hydrogens is 210 g/mol. The van der Waals surface area contributed by atoms with E-state index in [1.54, 1.807) is 12.1 Å². The van der Waals surface area contributed by atoms with E-state index in [9.17, 15) is 9.59 Å². The number of aromatic nitrogens is 1. The molecule has 1 unspecified atom stereocenters. The van der Waals surface area contributed by atoms with E-state index in [1.165, 1.54) is 20.2 Å². The highest BCUT2D eigenvalue weighted by Gasteiger charge is 2.24. The summed E-state index contributed by atoms with van der Waals surface area (Å²) in [5, 5.41) is 8.77. The van der Waals surface area contributed by atoms with E-state index in [0.29, 0.717) is 0 Å². The lowest BCUT2D eigenvalue weighted by Crippen LogP contribution is -2.40. The van der Waals surface area contributed by atoms with Crippen LogP contribution in [0.1, 0.15) is 17.4 Å². The number of anilines is 1. The molecule has 86 valence electrons. The van der Waals surface area contributed by atoms with Gasteiger partial charge in [-0.3, -0.25) is 4.79 Å². The molecule has 0 aromatic carbocycles. The van der Waals surface area contributed by atoms with Crippen LogP contribution in [0.3, 0.4) is 0 Å². The van der Waals surface area contributed by atoms with Crippen molar-refractivity contribution in [2.24, 2.45) is 0 Å². The molecule has 0 saturated heterocycles. The summed E-state index contributed by atoms with van der Waals surface area (Å²) in [4.78, 5) is 27.5. The number of carbonyl (C=O) groups is 2. The van der Waals surface area contributed by atoms with Crippen molar-refractivity contribution in [3.63, 3.8) is 0 Å². The van der Waals surface area contributed by atoms with Crippen molar-refractivity contribution in [3.05, 3.63) is 24.0 Å². The van der Waals surface area contributed by atoms with Crippen LogP contribution < -0.4 is 5.73 Å². The predicted octanol–water partition coefficient (Wildman–Crippen LogP) is 0.209. The van der Waals surface area contributed by atoms with E-state index in [0.717, 1.165) is 4.90 Å². The number of pyridine rings is 1. The van der Waals surface area contributed by atoms with Gasteiger partial charge in [0.2, 0.25) is 0 Å². The maximum absolute atomic E-state index is 11.8. The zero-order valence-electron chi connectivity index (χ0n) is 9.04. The number of carboxylic acid groups (broad SMARTS) is 1. The predicted molar refractivity (Wildman–Crippen MR) is 57.8 cm³/mol. The second-order valence-corrected chi connectivity index (χ2v) is 3.37. The molecule has 0 aliphatic carbocycles. The number of aliphatic carboxylic acids is 1. The minimum atomic E-state index is -1.08. The fourth-order valence-corrected chi connectivity index (χ4v) is 1.11.